The largest absolute Gasteiger partial charge is 0.333 e. The number of anilines is 1. The zero-order valence-electron chi connectivity index (χ0n) is 17.6. The van der Waals surface area contributed by atoms with E-state index in [1.54, 1.807) is 42.5 Å². The van der Waals surface area contributed by atoms with E-state index >= 15 is 0 Å². The fourth-order valence-corrected chi connectivity index (χ4v) is 3.59. The molecule has 0 atom stereocenters. The minimum absolute atomic E-state index is 0.0540. The minimum atomic E-state index is -0.605. The van der Waals surface area contributed by atoms with Gasteiger partial charge in [0.25, 0.3) is 5.56 Å². The summed E-state index contributed by atoms with van der Waals surface area (Å²) in [5.74, 6) is -0.390. The van der Waals surface area contributed by atoms with Gasteiger partial charge in [-0.15, -0.1) is 0 Å². The van der Waals surface area contributed by atoms with Crippen LogP contribution in [0.25, 0.3) is 11.0 Å². The van der Waals surface area contributed by atoms with Crippen molar-refractivity contribution in [1.82, 2.24) is 14.1 Å². The Kier molecular flexibility index (Phi) is 5.92. The molecule has 8 heteroatoms. The normalized spacial score (nSPS) is 11.0. The molecule has 0 fully saturated rings. The fraction of sp³-hybridized carbons (Fsp3) is 0.167. The quantitative estimate of drug-likeness (QED) is 0.506. The molecule has 0 bridgehead atoms. The third-order valence-electron chi connectivity index (χ3n) is 5.33. The molecule has 0 spiro atoms. The summed E-state index contributed by atoms with van der Waals surface area (Å²) < 4.78 is 2.33. The summed E-state index contributed by atoms with van der Waals surface area (Å²) >= 11 is 5.94. The second-order valence-corrected chi connectivity index (χ2v) is 8.04. The lowest BCUT2D eigenvalue weighted by Gasteiger charge is -2.14. The zero-order chi connectivity index (χ0) is 22.8. The average Bonchev–Trinajstić information content (AvgIpc) is 2.78. The molecule has 0 saturated heterocycles. The Hall–Kier alpha value is -3.71. The van der Waals surface area contributed by atoms with Gasteiger partial charge in [-0.3, -0.25) is 18.7 Å². The summed E-state index contributed by atoms with van der Waals surface area (Å²) in [5, 5.41) is 3.64. The molecule has 0 aliphatic heterocycles. The van der Waals surface area contributed by atoms with Crippen molar-refractivity contribution < 1.29 is 4.79 Å². The summed E-state index contributed by atoms with van der Waals surface area (Å²) in [6, 6.07) is 15.7. The van der Waals surface area contributed by atoms with Gasteiger partial charge in [0.05, 0.1) is 11.9 Å². The highest BCUT2D eigenvalue weighted by Gasteiger charge is 2.17. The van der Waals surface area contributed by atoms with E-state index in [1.807, 2.05) is 26.0 Å². The number of hydrogen-bond donors (Lipinski definition) is 1. The molecule has 4 rings (SSSR count). The van der Waals surface area contributed by atoms with Crippen LogP contribution in [0, 0.1) is 13.8 Å². The number of hydrogen-bond acceptors (Lipinski definition) is 4. The summed E-state index contributed by atoms with van der Waals surface area (Å²) in [6.07, 6.45) is 1.49. The highest BCUT2D eigenvalue weighted by atomic mass is 35.5. The number of carbonyl (C=O) groups excluding carboxylic acids is 1. The first kappa shape index (κ1) is 21.5. The molecule has 162 valence electrons. The standard InChI is InChI=1S/C24H21ClN4O3/c1-15-5-10-19(12-16(15)2)27-21(30)14-28-22-20(4-3-11-26-22)23(31)29(24(28)32)13-17-6-8-18(25)9-7-17/h3-12H,13-14H2,1-2H3,(H,27,30). The number of carbonyl (C=O) groups is 1. The van der Waals surface area contributed by atoms with Gasteiger partial charge in [-0.25, -0.2) is 9.78 Å². The Labute approximate surface area is 188 Å². The van der Waals surface area contributed by atoms with Crippen LogP contribution >= 0.6 is 11.6 Å². The lowest BCUT2D eigenvalue weighted by molar-refractivity contribution is -0.116. The van der Waals surface area contributed by atoms with Crippen molar-refractivity contribution in [1.29, 1.82) is 0 Å². The number of nitrogens with one attached hydrogen (secondary N) is 1. The summed E-state index contributed by atoms with van der Waals surface area (Å²) in [5.41, 5.74) is 2.64. The number of pyridine rings is 1. The molecule has 2 aromatic heterocycles. The third kappa shape index (κ3) is 4.33. The Morgan fingerprint density at radius 3 is 2.47 bits per heavy atom. The zero-order valence-corrected chi connectivity index (χ0v) is 18.4. The van der Waals surface area contributed by atoms with Crippen LogP contribution in [0.3, 0.4) is 0 Å². The van der Waals surface area contributed by atoms with Crippen molar-refractivity contribution in [2.75, 3.05) is 5.32 Å². The van der Waals surface area contributed by atoms with Crippen LogP contribution in [-0.2, 0) is 17.9 Å². The predicted octanol–water partition coefficient (Wildman–Crippen LogP) is 3.52. The first-order valence-corrected chi connectivity index (χ1v) is 10.4. The Morgan fingerprint density at radius 2 is 1.75 bits per heavy atom. The summed E-state index contributed by atoms with van der Waals surface area (Å²) in [4.78, 5) is 43.2. The molecule has 0 radical (unpaired) electrons. The van der Waals surface area contributed by atoms with Crippen molar-refractivity contribution in [2.45, 2.75) is 26.9 Å². The molecule has 4 aromatic rings. The molecule has 0 aliphatic carbocycles. The molecular weight excluding hydrogens is 428 g/mol. The Bertz CT molecular complexity index is 1440. The van der Waals surface area contributed by atoms with E-state index in [9.17, 15) is 14.4 Å². The SMILES string of the molecule is Cc1ccc(NC(=O)Cn2c(=O)n(Cc3ccc(Cl)cc3)c(=O)c3cccnc32)cc1C. The van der Waals surface area contributed by atoms with Gasteiger partial charge in [0.1, 0.15) is 12.2 Å². The smallest absolute Gasteiger partial charge is 0.325 e. The van der Waals surface area contributed by atoms with Gasteiger partial charge in [-0.2, -0.15) is 0 Å². The lowest BCUT2D eigenvalue weighted by Crippen LogP contribution is -2.42. The minimum Gasteiger partial charge on any atom is -0.325 e. The summed E-state index contributed by atoms with van der Waals surface area (Å²) in [7, 11) is 0. The first-order valence-electron chi connectivity index (χ1n) is 10.0. The van der Waals surface area contributed by atoms with Crippen LogP contribution in [0.2, 0.25) is 5.02 Å². The molecule has 1 amide bonds. The average molecular weight is 449 g/mol. The number of benzene rings is 2. The maximum absolute atomic E-state index is 13.2. The van der Waals surface area contributed by atoms with E-state index in [1.165, 1.54) is 10.8 Å². The van der Waals surface area contributed by atoms with Crippen molar-refractivity contribution >= 4 is 34.2 Å². The number of nitrogens with zero attached hydrogens (tertiary/aromatic N) is 3. The fourth-order valence-electron chi connectivity index (χ4n) is 3.47. The van der Waals surface area contributed by atoms with Crippen LogP contribution in [0.4, 0.5) is 5.69 Å². The maximum Gasteiger partial charge on any atom is 0.333 e. The van der Waals surface area contributed by atoms with E-state index in [0.29, 0.717) is 10.7 Å². The molecule has 0 unspecified atom stereocenters. The Morgan fingerprint density at radius 1 is 1.00 bits per heavy atom. The first-order chi connectivity index (χ1) is 15.3. The molecule has 0 aliphatic rings. The monoisotopic (exact) mass is 448 g/mol. The van der Waals surface area contributed by atoms with Crippen LogP contribution in [0.1, 0.15) is 16.7 Å². The van der Waals surface area contributed by atoms with Crippen molar-refractivity contribution in [3.63, 3.8) is 0 Å². The van der Waals surface area contributed by atoms with Gasteiger partial charge >= 0.3 is 5.69 Å². The van der Waals surface area contributed by atoms with Crippen LogP contribution < -0.4 is 16.6 Å². The highest BCUT2D eigenvalue weighted by Crippen LogP contribution is 2.15. The molecule has 1 N–H and O–H groups in total. The number of halogens is 1. The lowest BCUT2D eigenvalue weighted by atomic mass is 10.1. The second-order valence-electron chi connectivity index (χ2n) is 7.61. The molecule has 0 saturated carbocycles. The van der Waals surface area contributed by atoms with Crippen molar-refractivity contribution in [2.24, 2.45) is 0 Å². The topological polar surface area (TPSA) is 86.0 Å². The number of aryl methyl sites for hydroxylation is 2. The predicted molar refractivity (Wildman–Crippen MR) is 125 cm³/mol. The van der Waals surface area contributed by atoms with Crippen molar-refractivity contribution in [3.05, 3.63) is 103 Å². The maximum atomic E-state index is 13.2. The molecular formula is C24H21ClN4O3. The molecule has 32 heavy (non-hydrogen) atoms. The van der Waals surface area contributed by atoms with E-state index in [-0.39, 0.29) is 30.0 Å². The van der Waals surface area contributed by atoms with Gasteiger partial charge in [0.2, 0.25) is 5.91 Å². The van der Waals surface area contributed by atoms with Gasteiger partial charge < -0.3 is 5.32 Å². The molecule has 2 aromatic carbocycles. The van der Waals surface area contributed by atoms with E-state index < -0.39 is 11.2 Å². The van der Waals surface area contributed by atoms with Crippen LogP contribution in [0.5, 0.6) is 0 Å². The third-order valence-corrected chi connectivity index (χ3v) is 5.58. The van der Waals surface area contributed by atoms with E-state index in [0.717, 1.165) is 21.3 Å². The van der Waals surface area contributed by atoms with Gasteiger partial charge in [-0.05, 0) is 66.9 Å². The number of rotatable bonds is 5. The second kappa shape index (κ2) is 8.80. The van der Waals surface area contributed by atoms with Gasteiger partial charge in [0, 0.05) is 16.9 Å². The number of fused-ring (bicyclic) bond motifs is 1. The highest BCUT2D eigenvalue weighted by molar-refractivity contribution is 6.30. The van der Waals surface area contributed by atoms with Crippen molar-refractivity contribution in [3.8, 4) is 0 Å². The molecule has 2 heterocycles. The molecule has 7 nitrogen and oxygen atoms in total. The van der Waals surface area contributed by atoms with E-state index in [4.69, 9.17) is 11.6 Å². The van der Waals surface area contributed by atoms with Gasteiger partial charge in [-0.1, -0.05) is 29.8 Å². The van der Waals surface area contributed by atoms with Gasteiger partial charge in [0.15, 0.2) is 0 Å². The summed E-state index contributed by atoms with van der Waals surface area (Å²) in [6.45, 7) is 3.72. The number of aromatic nitrogens is 3. The van der Waals surface area contributed by atoms with Crippen LogP contribution in [-0.4, -0.2) is 20.0 Å². The number of amides is 1. The van der Waals surface area contributed by atoms with Crippen LogP contribution in [0.15, 0.2) is 70.4 Å². The Balaban J connectivity index is 1.73. The van der Waals surface area contributed by atoms with E-state index in [2.05, 4.69) is 10.3 Å².